The lowest BCUT2D eigenvalue weighted by molar-refractivity contribution is -0.146. The number of aliphatic hydroxyl groups excluding tert-OH is 1. The number of aliphatic carboxylic acids is 1. The molecule has 0 fully saturated rings. The SMILES string of the molecule is CN1N=C(c2ccc(S(C)(=O)=O)cc2)C(CO)(CC(=O)O)C1=O. The summed E-state index contributed by atoms with van der Waals surface area (Å²) in [7, 11) is -2.01. The normalized spacial score (nSPS) is 21.4. The summed E-state index contributed by atoms with van der Waals surface area (Å²) in [6.07, 6.45) is 0.453. The summed E-state index contributed by atoms with van der Waals surface area (Å²) in [5, 5.41) is 23.8. The van der Waals surface area contributed by atoms with Gasteiger partial charge < -0.3 is 10.2 Å². The Hall–Kier alpha value is -2.26. The quantitative estimate of drug-likeness (QED) is 0.759. The Balaban J connectivity index is 2.53. The van der Waals surface area contributed by atoms with Crippen molar-refractivity contribution in [2.24, 2.45) is 10.5 Å². The summed E-state index contributed by atoms with van der Waals surface area (Å²) in [5.41, 5.74) is -1.19. The molecule has 1 amide bonds. The topological polar surface area (TPSA) is 124 Å². The van der Waals surface area contributed by atoms with Gasteiger partial charge in [0.05, 0.1) is 23.6 Å². The molecule has 0 saturated carbocycles. The van der Waals surface area contributed by atoms with Crippen LogP contribution < -0.4 is 0 Å². The molecule has 1 aromatic carbocycles. The number of sulfone groups is 1. The maximum absolute atomic E-state index is 12.3. The molecular formula is C14H16N2O6S. The smallest absolute Gasteiger partial charge is 0.304 e. The van der Waals surface area contributed by atoms with Crippen molar-refractivity contribution in [3.8, 4) is 0 Å². The maximum atomic E-state index is 12.3. The molecule has 0 aliphatic carbocycles. The van der Waals surface area contributed by atoms with Gasteiger partial charge in [-0.05, 0) is 17.7 Å². The van der Waals surface area contributed by atoms with Crippen molar-refractivity contribution in [3.05, 3.63) is 29.8 Å². The van der Waals surface area contributed by atoms with E-state index in [2.05, 4.69) is 5.10 Å². The third kappa shape index (κ3) is 2.97. The van der Waals surface area contributed by atoms with Gasteiger partial charge in [-0.25, -0.2) is 13.4 Å². The van der Waals surface area contributed by atoms with Crippen LogP contribution >= 0.6 is 0 Å². The maximum Gasteiger partial charge on any atom is 0.304 e. The molecule has 1 atom stereocenters. The van der Waals surface area contributed by atoms with Gasteiger partial charge in [-0.3, -0.25) is 9.59 Å². The molecule has 0 spiro atoms. The predicted molar refractivity (Wildman–Crippen MR) is 80.6 cm³/mol. The van der Waals surface area contributed by atoms with Gasteiger partial charge in [-0.15, -0.1) is 0 Å². The number of carbonyl (C=O) groups is 2. The van der Waals surface area contributed by atoms with Crippen LogP contribution in [-0.4, -0.2) is 61.1 Å². The summed E-state index contributed by atoms with van der Waals surface area (Å²) >= 11 is 0. The molecule has 1 heterocycles. The van der Waals surface area contributed by atoms with Crippen molar-refractivity contribution >= 4 is 27.4 Å². The molecule has 1 aliphatic heterocycles. The standard InChI is InChI=1S/C14H16N2O6S/c1-16-13(20)14(8-17,7-11(18)19)12(15-16)9-3-5-10(6-4-9)23(2,21)22/h3-6,17H,7-8H2,1-2H3,(H,18,19). The van der Waals surface area contributed by atoms with Crippen LogP contribution in [0.3, 0.4) is 0 Å². The van der Waals surface area contributed by atoms with Gasteiger partial charge in [-0.2, -0.15) is 5.10 Å². The first-order valence-corrected chi connectivity index (χ1v) is 8.51. The van der Waals surface area contributed by atoms with Crippen LogP contribution in [0.4, 0.5) is 0 Å². The van der Waals surface area contributed by atoms with Crippen molar-refractivity contribution in [3.63, 3.8) is 0 Å². The van der Waals surface area contributed by atoms with Crippen molar-refractivity contribution in [1.82, 2.24) is 5.01 Å². The molecular weight excluding hydrogens is 324 g/mol. The average Bonchev–Trinajstić information content (AvgIpc) is 2.71. The van der Waals surface area contributed by atoms with E-state index in [1.807, 2.05) is 0 Å². The van der Waals surface area contributed by atoms with Crippen LogP contribution in [0.1, 0.15) is 12.0 Å². The van der Waals surface area contributed by atoms with E-state index in [0.29, 0.717) is 5.56 Å². The number of hydrazone groups is 1. The van der Waals surface area contributed by atoms with E-state index >= 15 is 0 Å². The summed E-state index contributed by atoms with van der Waals surface area (Å²) in [5.74, 6) is -1.87. The minimum atomic E-state index is -3.38. The number of hydrogen-bond acceptors (Lipinski definition) is 6. The predicted octanol–water partition coefficient (Wildman–Crippen LogP) is -0.280. The molecule has 1 aliphatic rings. The molecule has 1 unspecified atom stereocenters. The van der Waals surface area contributed by atoms with E-state index in [1.54, 1.807) is 0 Å². The summed E-state index contributed by atoms with van der Waals surface area (Å²) < 4.78 is 23.0. The van der Waals surface area contributed by atoms with Crippen LogP contribution in [0.25, 0.3) is 0 Å². The first-order valence-electron chi connectivity index (χ1n) is 6.62. The van der Waals surface area contributed by atoms with Crippen molar-refractivity contribution in [2.75, 3.05) is 19.9 Å². The number of aliphatic hydroxyl groups is 1. The van der Waals surface area contributed by atoms with Gasteiger partial charge in [0.15, 0.2) is 9.84 Å². The van der Waals surface area contributed by atoms with Gasteiger partial charge in [0, 0.05) is 13.3 Å². The van der Waals surface area contributed by atoms with Gasteiger partial charge in [-0.1, -0.05) is 12.1 Å². The highest BCUT2D eigenvalue weighted by atomic mass is 32.2. The van der Waals surface area contributed by atoms with E-state index in [4.69, 9.17) is 5.11 Å². The molecule has 0 aromatic heterocycles. The molecule has 8 nitrogen and oxygen atoms in total. The molecule has 1 aromatic rings. The number of carboxylic acids is 1. The fourth-order valence-electron chi connectivity index (χ4n) is 2.51. The number of benzene rings is 1. The lowest BCUT2D eigenvalue weighted by Crippen LogP contribution is -2.44. The summed E-state index contributed by atoms with van der Waals surface area (Å²) in [6, 6.07) is 5.57. The van der Waals surface area contributed by atoms with Crippen LogP contribution in [0.15, 0.2) is 34.3 Å². The van der Waals surface area contributed by atoms with Crippen molar-refractivity contribution in [2.45, 2.75) is 11.3 Å². The lowest BCUT2D eigenvalue weighted by atomic mass is 9.77. The number of hydrogen-bond donors (Lipinski definition) is 2. The summed E-state index contributed by atoms with van der Waals surface area (Å²) in [6.45, 7) is -0.713. The Kier molecular flexibility index (Phi) is 4.27. The second-order valence-electron chi connectivity index (χ2n) is 5.38. The lowest BCUT2D eigenvalue weighted by Gasteiger charge is -2.24. The molecule has 0 radical (unpaired) electrons. The second-order valence-corrected chi connectivity index (χ2v) is 7.40. The highest BCUT2D eigenvalue weighted by Gasteiger charge is 2.51. The van der Waals surface area contributed by atoms with Gasteiger partial charge in [0.25, 0.3) is 5.91 Å². The number of carbonyl (C=O) groups excluding carboxylic acids is 1. The van der Waals surface area contributed by atoms with Gasteiger partial charge in [0.2, 0.25) is 0 Å². The number of carboxylic acid groups (broad SMARTS) is 1. The number of rotatable bonds is 5. The minimum Gasteiger partial charge on any atom is -0.481 e. The molecule has 2 N–H and O–H groups in total. The van der Waals surface area contributed by atoms with Crippen molar-refractivity contribution < 1.29 is 28.2 Å². The van der Waals surface area contributed by atoms with E-state index in [0.717, 1.165) is 11.3 Å². The van der Waals surface area contributed by atoms with Crippen LogP contribution in [0, 0.1) is 5.41 Å². The number of amides is 1. The molecule has 124 valence electrons. The first kappa shape index (κ1) is 17.1. The monoisotopic (exact) mass is 340 g/mol. The Morgan fingerprint density at radius 1 is 1.30 bits per heavy atom. The third-order valence-corrected chi connectivity index (χ3v) is 4.81. The zero-order valence-electron chi connectivity index (χ0n) is 12.6. The third-order valence-electron chi connectivity index (χ3n) is 3.69. The largest absolute Gasteiger partial charge is 0.481 e. The van der Waals surface area contributed by atoms with Crippen LogP contribution in [-0.2, 0) is 19.4 Å². The van der Waals surface area contributed by atoms with E-state index in [-0.39, 0.29) is 10.6 Å². The van der Waals surface area contributed by atoms with Gasteiger partial charge in [0.1, 0.15) is 5.41 Å². The molecule has 2 rings (SSSR count). The molecule has 23 heavy (non-hydrogen) atoms. The average molecular weight is 340 g/mol. The second kappa shape index (κ2) is 5.74. The van der Waals surface area contributed by atoms with Crippen molar-refractivity contribution in [1.29, 1.82) is 0 Å². The Morgan fingerprint density at radius 2 is 1.87 bits per heavy atom. The van der Waals surface area contributed by atoms with E-state index < -0.39 is 40.2 Å². The molecule has 9 heteroatoms. The zero-order chi connectivity index (χ0) is 17.4. The fourth-order valence-corrected chi connectivity index (χ4v) is 3.14. The Bertz CT molecular complexity index is 784. The minimum absolute atomic E-state index is 0.0901. The molecule has 0 saturated heterocycles. The van der Waals surface area contributed by atoms with E-state index in [9.17, 15) is 23.1 Å². The fraction of sp³-hybridized carbons (Fsp3) is 0.357. The van der Waals surface area contributed by atoms with Crippen LogP contribution in [0.5, 0.6) is 0 Å². The van der Waals surface area contributed by atoms with Crippen LogP contribution in [0.2, 0.25) is 0 Å². The molecule has 0 bridgehead atoms. The number of nitrogens with zero attached hydrogens (tertiary/aromatic N) is 2. The zero-order valence-corrected chi connectivity index (χ0v) is 13.4. The summed E-state index contributed by atoms with van der Waals surface area (Å²) in [4.78, 5) is 23.5. The Morgan fingerprint density at radius 3 is 2.30 bits per heavy atom. The Labute approximate surface area is 133 Å². The highest BCUT2D eigenvalue weighted by Crippen LogP contribution is 2.35. The first-order chi connectivity index (χ1) is 10.6. The van der Waals surface area contributed by atoms with Gasteiger partial charge >= 0.3 is 5.97 Å². The van der Waals surface area contributed by atoms with E-state index in [1.165, 1.54) is 31.3 Å². The highest BCUT2D eigenvalue weighted by molar-refractivity contribution is 7.90.